The van der Waals surface area contributed by atoms with Crippen molar-refractivity contribution in [1.82, 2.24) is 4.98 Å². The van der Waals surface area contributed by atoms with E-state index >= 15 is 0 Å². The van der Waals surface area contributed by atoms with Gasteiger partial charge in [-0.05, 0) is 96.4 Å². The number of halogens is 3. The lowest BCUT2D eigenvalue weighted by atomic mass is 10.0. The number of anilines is 2. The van der Waals surface area contributed by atoms with Crippen molar-refractivity contribution in [2.24, 2.45) is 0 Å². The van der Waals surface area contributed by atoms with Crippen molar-refractivity contribution >= 4 is 44.1 Å². The van der Waals surface area contributed by atoms with Crippen molar-refractivity contribution in [2.75, 3.05) is 30.5 Å². The summed E-state index contributed by atoms with van der Waals surface area (Å²) in [6.07, 6.45) is 2.09. The first-order chi connectivity index (χ1) is 20.7. The summed E-state index contributed by atoms with van der Waals surface area (Å²) >= 11 is 3.52. The number of hydrogen-bond acceptors (Lipinski definition) is 4. The maximum Gasteiger partial charge on any atom is 0.231 e. The van der Waals surface area contributed by atoms with E-state index in [-0.39, 0.29) is 18.7 Å². The fourth-order valence-corrected chi connectivity index (χ4v) is 5.66. The predicted octanol–water partition coefficient (Wildman–Crippen LogP) is 7.41. The van der Waals surface area contributed by atoms with Crippen LogP contribution in [-0.4, -0.2) is 37.6 Å². The number of carbonyl (C=O) groups is 1. The van der Waals surface area contributed by atoms with Crippen LogP contribution in [0.1, 0.15) is 16.7 Å². The molecule has 0 saturated carbocycles. The smallest absolute Gasteiger partial charge is 0.231 e. The third-order valence-corrected chi connectivity index (χ3v) is 7.86. The van der Waals surface area contributed by atoms with E-state index in [1.165, 1.54) is 12.1 Å². The number of H-pyrrole nitrogens is 1. The molecule has 0 fully saturated rings. The second kappa shape index (κ2) is 13.1. The zero-order valence-electron chi connectivity index (χ0n) is 23.7. The van der Waals surface area contributed by atoms with Crippen LogP contribution in [0.5, 0.6) is 5.75 Å². The van der Waals surface area contributed by atoms with Crippen LogP contribution in [0.3, 0.4) is 0 Å². The van der Waals surface area contributed by atoms with Gasteiger partial charge in [0.25, 0.3) is 0 Å². The molecule has 0 aliphatic carbocycles. The molecule has 9 heteroatoms. The Labute approximate surface area is 257 Å². The van der Waals surface area contributed by atoms with Gasteiger partial charge in [0.15, 0.2) is 0 Å². The third-order valence-electron chi connectivity index (χ3n) is 7.37. The van der Waals surface area contributed by atoms with Gasteiger partial charge in [0, 0.05) is 52.6 Å². The minimum Gasteiger partial charge on any atom is -0.497 e. The summed E-state index contributed by atoms with van der Waals surface area (Å²) in [5.41, 5.74) is 4.06. The van der Waals surface area contributed by atoms with Gasteiger partial charge in [0.2, 0.25) is 5.91 Å². The first-order valence-electron chi connectivity index (χ1n) is 13.6. The number of nitriles is 1. The van der Waals surface area contributed by atoms with Crippen molar-refractivity contribution < 1.29 is 18.3 Å². The Hall–Kier alpha value is -4.68. The summed E-state index contributed by atoms with van der Waals surface area (Å²) in [5, 5.41) is 10.3. The van der Waals surface area contributed by atoms with Gasteiger partial charge >= 0.3 is 0 Å². The Kier molecular flexibility index (Phi) is 9.07. The fraction of sp³-hybridized carbons (Fsp3) is 0.176. The van der Waals surface area contributed by atoms with Crippen LogP contribution in [0, 0.1) is 23.0 Å². The number of amides is 1. The lowest BCUT2D eigenvalue weighted by Crippen LogP contribution is -2.48. The monoisotopic (exact) mass is 642 g/mol. The molecule has 0 saturated heterocycles. The molecular weight excluding hydrogens is 614 g/mol. The lowest BCUT2D eigenvalue weighted by molar-refractivity contribution is -0.118. The van der Waals surface area contributed by atoms with E-state index in [9.17, 15) is 18.8 Å². The largest absolute Gasteiger partial charge is 0.497 e. The zero-order chi connectivity index (χ0) is 30.5. The van der Waals surface area contributed by atoms with Crippen LogP contribution in [0.25, 0.3) is 10.9 Å². The fourth-order valence-electron chi connectivity index (χ4n) is 5.30. The van der Waals surface area contributed by atoms with Gasteiger partial charge in [-0.1, -0.05) is 15.9 Å². The van der Waals surface area contributed by atoms with Crippen LogP contribution >= 0.6 is 15.9 Å². The summed E-state index contributed by atoms with van der Waals surface area (Å²) < 4.78 is 34.8. The summed E-state index contributed by atoms with van der Waals surface area (Å²) in [5.74, 6) is -0.852. The number of fused-ring (bicyclic) bond motifs is 1. The minimum absolute atomic E-state index is 0.0801. The van der Waals surface area contributed by atoms with Gasteiger partial charge < -0.3 is 19.5 Å². The van der Waals surface area contributed by atoms with Crippen LogP contribution in [-0.2, 0) is 17.6 Å². The zero-order valence-corrected chi connectivity index (χ0v) is 25.2. The summed E-state index contributed by atoms with van der Waals surface area (Å²) in [6, 6.07) is 25.1. The van der Waals surface area contributed by atoms with E-state index < -0.39 is 17.7 Å². The van der Waals surface area contributed by atoms with Crippen LogP contribution in [0.2, 0.25) is 0 Å². The molecule has 1 N–H and O–H groups in total. The second-order valence-electron chi connectivity index (χ2n) is 10.3. The number of aromatic nitrogens is 1. The molecule has 4 aromatic carbocycles. The number of likely N-dealkylation sites (N-methyl/N-ethyl adjacent to an activating group) is 1. The van der Waals surface area contributed by atoms with Gasteiger partial charge in [-0.15, -0.1) is 0 Å². The average Bonchev–Trinajstić information content (AvgIpc) is 3.38. The number of methoxy groups -OCH3 is 1. The number of nitrogens with zero attached hydrogens (tertiary/aromatic N) is 3. The summed E-state index contributed by atoms with van der Waals surface area (Å²) in [7, 11) is 3.50. The van der Waals surface area contributed by atoms with Gasteiger partial charge in [-0.25, -0.2) is 8.78 Å². The molecule has 0 aliphatic rings. The average molecular weight is 644 g/mol. The highest BCUT2D eigenvalue weighted by Gasteiger charge is 2.28. The number of hydrogen-bond donors (Lipinski definition) is 1. The molecule has 1 amide bonds. The molecule has 43 heavy (non-hydrogen) atoms. The van der Waals surface area contributed by atoms with Crippen molar-refractivity contribution in [1.29, 1.82) is 5.26 Å². The van der Waals surface area contributed by atoms with Gasteiger partial charge in [0.05, 0.1) is 31.2 Å². The Morgan fingerprint density at radius 2 is 1.65 bits per heavy atom. The summed E-state index contributed by atoms with van der Waals surface area (Å²) in [4.78, 5) is 21.2. The van der Waals surface area contributed by atoms with E-state index in [4.69, 9.17) is 4.74 Å². The number of ether oxygens (including phenoxy) is 1. The number of carbonyl (C=O) groups excluding carboxylic acids is 1. The molecule has 1 heterocycles. The molecule has 1 atom stereocenters. The quantitative estimate of drug-likeness (QED) is 0.172. The van der Waals surface area contributed by atoms with Crippen molar-refractivity contribution in [3.05, 3.63) is 124 Å². The molecule has 0 aliphatic heterocycles. The van der Waals surface area contributed by atoms with E-state index in [0.717, 1.165) is 32.7 Å². The maximum absolute atomic E-state index is 14.3. The van der Waals surface area contributed by atoms with Crippen molar-refractivity contribution in [2.45, 2.75) is 18.9 Å². The molecular formula is C34H29BrF2N4O2. The van der Waals surface area contributed by atoms with E-state index in [1.54, 1.807) is 36.3 Å². The standard InChI is InChI=1S/C34H29BrF2N4O2/c1-40(28-8-10-31(43-2)11-9-28)21-30(15-23-13-26(36)18-27(37)14-23)41(29-6-3-22(19-38)4-7-29)34(42)16-24-20-39-33-12-5-25(35)17-32(24)33/h3-14,17-18,20,30,39H,15-16,21H2,1-2H3. The first kappa shape index (κ1) is 29.8. The van der Waals surface area contributed by atoms with Crippen LogP contribution in [0.4, 0.5) is 20.2 Å². The molecule has 0 radical (unpaired) electrons. The Morgan fingerprint density at radius 3 is 2.30 bits per heavy atom. The second-order valence-corrected chi connectivity index (χ2v) is 11.2. The topological polar surface area (TPSA) is 72.4 Å². The molecule has 1 unspecified atom stereocenters. The van der Waals surface area contributed by atoms with Gasteiger partial charge in [-0.3, -0.25) is 4.79 Å². The normalized spacial score (nSPS) is 11.6. The molecule has 1 aromatic heterocycles. The van der Waals surface area contributed by atoms with Crippen LogP contribution in [0.15, 0.2) is 95.6 Å². The molecule has 5 rings (SSSR count). The first-order valence-corrected chi connectivity index (χ1v) is 14.4. The van der Waals surface area contributed by atoms with Crippen molar-refractivity contribution in [3.8, 4) is 11.8 Å². The SMILES string of the molecule is COc1ccc(N(C)CC(Cc2cc(F)cc(F)c2)N(C(=O)Cc2c[nH]c3ccc(Br)cc23)c2ccc(C#N)cc2)cc1. The molecule has 218 valence electrons. The summed E-state index contributed by atoms with van der Waals surface area (Å²) in [6.45, 7) is 0.343. The number of rotatable bonds is 10. The Bertz CT molecular complexity index is 1760. The Balaban J connectivity index is 1.56. The van der Waals surface area contributed by atoms with E-state index in [1.807, 2.05) is 60.6 Å². The Morgan fingerprint density at radius 1 is 0.977 bits per heavy atom. The highest BCUT2D eigenvalue weighted by atomic mass is 79.9. The van der Waals surface area contributed by atoms with E-state index in [0.29, 0.717) is 29.1 Å². The highest BCUT2D eigenvalue weighted by molar-refractivity contribution is 9.10. The third kappa shape index (κ3) is 7.04. The van der Waals surface area contributed by atoms with Crippen LogP contribution < -0.4 is 14.5 Å². The highest BCUT2D eigenvalue weighted by Crippen LogP contribution is 2.28. The minimum atomic E-state index is -0.683. The van der Waals surface area contributed by atoms with Crippen molar-refractivity contribution in [3.63, 3.8) is 0 Å². The lowest BCUT2D eigenvalue weighted by Gasteiger charge is -2.36. The molecule has 0 spiro atoms. The number of nitrogens with one attached hydrogen (secondary N) is 1. The van der Waals surface area contributed by atoms with E-state index in [2.05, 4.69) is 27.0 Å². The number of aromatic amines is 1. The number of benzene rings is 4. The predicted molar refractivity (Wildman–Crippen MR) is 168 cm³/mol. The molecule has 6 nitrogen and oxygen atoms in total. The molecule has 5 aromatic rings. The molecule has 0 bridgehead atoms. The maximum atomic E-state index is 14.3. The van der Waals surface area contributed by atoms with Gasteiger partial charge in [0.1, 0.15) is 17.4 Å². The van der Waals surface area contributed by atoms with Gasteiger partial charge in [-0.2, -0.15) is 5.26 Å².